The average Bonchev–Trinajstić information content (AvgIpc) is 3.63. The summed E-state index contributed by atoms with van der Waals surface area (Å²) in [5.74, 6) is -5.24. The number of hydrogen-bond acceptors (Lipinski definition) is 6. The van der Waals surface area contributed by atoms with Crippen LogP contribution < -0.4 is 10.1 Å². The van der Waals surface area contributed by atoms with E-state index in [0.29, 0.717) is 12.8 Å². The molecule has 1 amide bonds. The third kappa shape index (κ3) is 5.41. The molecule has 7 nitrogen and oxygen atoms in total. The molecule has 0 aliphatic heterocycles. The second-order valence-electron chi connectivity index (χ2n) is 8.72. The Kier molecular flexibility index (Phi) is 6.69. The van der Waals surface area contributed by atoms with E-state index in [1.54, 1.807) is 0 Å². The molecule has 196 valence electrons. The first-order valence-electron chi connectivity index (χ1n) is 10.9. The number of sulfone groups is 1. The molecule has 2 aromatic carbocycles. The van der Waals surface area contributed by atoms with E-state index in [-0.39, 0.29) is 27.6 Å². The predicted octanol–water partition coefficient (Wildman–Crippen LogP) is 5.72. The maximum atomic E-state index is 14.9. The number of hydrogen-bond donors (Lipinski definition) is 1. The van der Waals surface area contributed by atoms with Crippen molar-refractivity contribution in [2.24, 2.45) is 0 Å². The van der Waals surface area contributed by atoms with Crippen molar-refractivity contribution < 1.29 is 39.9 Å². The zero-order valence-corrected chi connectivity index (χ0v) is 20.5. The minimum Gasteiger partial charge on any atom is -0.433 e. The lowest BCUT2D eigenvalue weighted by atomic mass is 10.0. The van der Waals surface area contributed by atoms with Gasteiger partial charge < -0.3 is 10.1 Å². The highest BCUT2D eigenvalue weighted by Gasteiger charge is 2.39. The molecule has 1 aliphatic carbocycles. The lowest BCUT2D eigenvalue weighted by Crippen LogP contribution is -2.21. The summed E-state index contributed by atoms with van der Waals surface area (Å²) in [6, 6.07) is 6.40. The highest BCUT2D eigenvalue weighted by molar-refractivity contribution is 7.90. The molecule has 4 rings (SSSR count). The van der Waals surface area contributed by atoms with Gasteiger partial charge in [-0.25, -0.2) is 12.8 Å². The second kappa shape index (κ2) is 9.36. The number of benzene rings is 2. The second-order valence-corrected chi connectivity index (χ2v) is 10.7. The summed E-state index contributed by atoms with van der Waals surface area (Å²) in [4.78, 5) is 13.0. The Bertz CT molecular complexity index is 1520. The number of nitrogens with zero attached hydrogens (tertiary/aromatic N) is 2. The molecule has 0 unspecified atom stereocenters. The fraction of sp³-hybridized carbons (Fsp3) is 0.292. The number of rotatable bonds is 6. The third-order valence-electron chi connectivity index (χ3n) is 5.79. The van der Waals surface area contributed by atoms with Gasteiger partial charge >= 0.3 is 6.18 Å². The Balaban J connectivity index is 1.79. The van der Waals surface area contributed by atoms with Crippen molar-refractivity contribution in [2.75, 3.05) is 11.6 Å². The molecule has 1 N–H and O–H groups in total. The molecule has 0 radical (unpaired) electrons. The molecule has 37 heavy (non-hydrogen) atoms. The van der Waals surface area contributed by atoms with Crippen molar-refractivity contribution in [2.45, 2.75) is 43.7 Å². The number of carbonyl (C=O) groups is 1. The van der Waals surface area contributed by atoms with Crippen LogP contribution in [0, 0.1) is 25.5 Å². The summed E-state index contributed by atoms with van der Waals surface area (Å²) in [6.45, 7) is 2.37. The van der Waals surface area contributed by atoms with E-state index in [1.165, 1.54) is 31.2 Å². The molecule has 3 aromatic rings. The number of halogens is 5. The summed E-state index contributed by atoms with van der Waals surface area (Å²) in [7, 11) is -3.65. The topological polar surface area (TPSA) is 98.2 Å². The van der Waals surface area contributed by atoms with Gasteiger partial charge in [-0.1, -0.05) is 6.07 Å². The van der Waals surface area contributed by atoms with Gasteiger partial charge in [0.05, 0.1) is 4.90 Å². The SMILES string of the molecule is Cc1cc(C2CC2)c(F)c(F)c1Oc1nnc(C(F)(F)F)c(C)c1C(=O)Nc1cccc(S(C)(=O)=O)c1. The van der Waals surface area contributed by atoms with E-state index in [1.807, 2.05) is 0 Å². The zero-order valence-electron chi connectivity index (χ0n) is 19.7. The maximum Gasteiger partial charge on any atom is 0.435 e. The zero-order chi connectivity index (χ0) is 27.3. The van der Waals surface area contributed by atoms with Crippen LogP contribution in [0.3, 0.4) is 0 Å². The minimum absolute atomic E-state index is 0.0502. The molecule has 13 heteroatoms. The van der Waals surface area contributed by atoms with E-state index in [4.69, 9.17) is 4.74 Å². The predicted molar refractivity (Wildman–Crippen MR) is 122 cm³/mol. The summed E-state index contributed by atoms with van der Waals surface area (Å²) in [6.07, 6.45) is -2.65. The van der Waals surface area contributed by atoms with Gasteiger partial charge in [0.2, 0.25) is 5.82 Å². The molecule has 1 fully saturated rings. The molecule has 0 saturated heterocycles. The molecule has 0 atom stereocenters. The first kappa shape index (κ1) is 26.5. The van der Waals surface area contributed by atoms with Gasteiger partial charge in [-0.2, -0.15) is 17.6 Å². The van der Waals surface area contributed by atoms with Gasteiger partial charge in [-0.05, 0) is 73.6 Å². The van der Waals surface area contributed by atoms with Gasteiger partial charge in [0.25, 0.3) is 11.8 Å². The van der Waals surface area contributed by atoms with Crippen molar-refractivity contribution in [3.63, 3.8) is 0 Å². The van der Waals surface area contributed by atoms with Gasteiger partial charge in [0, 0.05) is 11.9 Å². The van der Waals surface area contributed by atoms with Crippen LogP contribution in [-0.2, 0) is 16.0 Å². The Labute approximate surface area is 208 Å². The smallest absolute Gasteiger partial charge is 0.433 e. The molecule has 0 spiro atoms. The number of aromatic nitrogens is 2. The monoisotopic (exact) mass is 541 g/mol. The first-order chi connectivity index (χ1) is 17.2. The van der Waals surface area contributed by atoms with E-state index < -0.39 is 62.0 Å². The average molecular weight is 541 g/mol. The van der Waals surface area contributed by atoms with Crippen LogP contribution in [-0.4, -0.2) is 30.8 Å². The fourth-order valence-corrected chi connectivity index (χ4v) is 4.45. The highest BCUT2D eigenvalue weighted by Crippen LogP contribution is 2.44. The number of anilines is 1. The van der Waals surface area contributed by atoms with Crippen LogP contribution >= 0.6 is 0 Å². The van der Waals surface area contributed by atoms with Crippen LogP contribution in [0.5, 0.6) is 11.6 Å². The lowest BCUT2D eigenvalue weighted by Gasteiger charge is -2.17. The standard InChI is InChI=1S/C24H20F5N3O4S/c1-11-9-16(13-7-8-13)18(25)19(26)20(11)36-23-17(12(2)21(31-32-23)24(27,28)29)22(33)30-14-5-4-6-15(10-14)37(3,34)35/h4-6,9-10,13H,7-8H2,1-3H3,(H,30,33). The van der Waals surface area contributed by atoms with Crippen molar-refractivity contribution in [1.29, 1.82) is 0 Å². The summed E-state index contributed by atoms with van der Waals surface area (Å²) in [5.41, 5.74) is -2.64. The normalized spacial score (nSPS) is 13.9. The van der Waals surface area contributed by atoms with Gasteiger partial charge in [-0.3, -0.25) is 4.79 Å². The summed E-state index contributed by atoms with van der Waals surface area (Å²) >= 11 is 0. The molecular formula is C24H20F5N3O4S. The highest BCUT2D eigenvalue weighted by atomic mass is 32.2. The van der Waals surface area contributed by atoms with Crippen LogP contribution in [0.2, 0.25) is 0 Å². The molecule has 1 aliphatic rings. The van der Waals surface area contributed by atoms with Crippen LogP contribution in [0.1, 0.15) is 51.5 Å². The van der Waals surface area contributed by atoms with Crippen LogP contribution in [0.25, 0.3) is 0 Å². The fourth-order valence-electron chi connectivity index (χ4n) is 3.78. The number of nitrogens with one attached hydrogen (secondary N) is 1. The Morgan fingerprint density at radius 1 is 1.08 bits per heavy atom. The van der Waals surface area contributed by atoms with Crippen LogP contribution in [0.4, 0.5) is 27.6 Å². The Hall–Kier alpha value is -3.61. The lowest BCUT2D eigenvalue weighted by molar-refractivity contribution is -0.142. The number of amides is 1. The Morgan fingerprint density at radius 3 is 2.35 bits per heavy atom. The molecule has 1 heterocycles. The quantitative estimate of drug-likeness (QED) is 0.401. The van der Waals surface area contributed by atoms with Gasteiger partial charge in [-0.15, -0.1) is 10.2 Å². The third-order valence-corrected chi connectivity index (χ3v) is 6.90. The number of alkyl halides is 3. The molecule has 0 bridgehead atoms. The van der Waals surface area contributed by atoms with Crippen molar-refractivity contribution in [3.8, 4) is 11.6 Å². The van der Waals surface area contributed by atoms with E-state index in [9.17, 15) is 35.2 Å². The van der Waals surface area contributed by atoms with E-state index in [0.717, 1.165) is 19.2 Å². The maximum absolute atomic E-state index is 14.9. The summed E-state index contributed by atoms with van der Waals surface area (Å²) in [5, 5.41) is 8.77. The first-order valence-corrected chi connectivity index (χ1v) is 12.8. The van der Waals surface area contributed by atoms with Gasteiger partial charge in [0.15, 0.2) is 27.1 Å². The van der Waals surface area contributed by atoms with Crippen LogP contribution in [0.15, 0.2) is 35.2 Å². The summed E-state index contributed by atoms with van der Waals surface area (Å²) < 4.78 is 99.1. The molecule has 1 aromatic heterocycles. The molecule has 1 saturated carbocycles. The molecular weight excluding hydrogens is 521 g/mol. The van der Waals surface area contributed by atoms with E-state index >= 15 is 0 Å². The number of carbonyl (C=O) groups excluding carboxylic acids is 1. The van der Waals surface area contributed by atoms with Crippen molar-refractivity contribution >= 4 is 21.4 Å². The number of ether oxygens (including phenoxy) is 1. The number of aryl methyl sites for hydroxylation is 1. The Morgan fingerprint density at radius 2 is 1.76 bits per heavy atom. The van der Waals surface area contributed by atoms with Gasteiger partial charge in [0.1, 0.15) is 5.56 Å². The minimum atomic E-state index is -4.99. The largest absolute Gasteiger partial charge is 0.435 e. The van der Waals surface area contributed by atoms with Crippen molar-refractivity contribution in [1.82, 2.24) is 10.2 Å². The van der Waals surface area contributed by atoms with Crippen molar-refractivity contribution in [3.05, 3.63) is 69.9 Å². The van der Waals surface area contributed by atoms with E-state index in [2.05, 4.69) is 15.5 Å².